The molecule has 2 N–H and O–H groups in total. The lowest BCUT2D eigenvalue weighted by Crippen LogP contribution is -2.47. The van der Waals surface area contributed by atoms with Crippen molar-refractivity contribution in [2.45, 2.75) is 51.7 Å². The molecule has 2 aromatic rings. The lowest BCUT2D eigenvalue weighted by atomic mass is 9.96. The fraction of sp³-hybridized carbons (Fsp3) is 0.417. The van der Waals surface area contributed by atoms with Gasteiger partial charge in [0.1, 0.15) is 5.75 Å². The van der Waals surface area contributed by atoms with E-state index in [1.54, 1.807) is 25.3 Å². The number of nitrogens with one attached hydrogen (secondary N) is 2. The molecule has 2 aromatic carbocycles. The number of ether oxygens (including phenoxy) is 1. The first-order valence-corrected chi connectivity index (χ1v) is 11.0. The Kier molecular flexibility index (Phi) is 7.80. The second-order valence-corrected chi connectivity index (χ2v) is 8.45. The first-order chi connectivity index (χ1) is 14.9. The van der Waals surface area contributed by atoms with Crippen LogP contribution in [-0.4, -0.2) is 42.5 Å². The van der Waals surface area contributed by atoms with Crippen LogP contribution in [0.25, 0.3) is 0 Å². The maximum absolute atomic E-state index is 13.3. The van der Waals surface area contributed by atoms with E-state index in [9.17, 15) is 9.59 Å². The summed E-state index contributed by atoms with van der Waals surface area (Å²) in [7, 11) is 1.61. The molecule has 3 rings (SSSR count). The van der Waals surface area contributed by atoms with Gasteiger partial charge in [0.25, 0.3) is 5.91 Å². The van der Waals surface area contributed by atoms with Crippen molar-refractivity contribution in [1.29, 1.82) is 0 Å². The van der Waals surface area contributed by atoms with Crippen LogP contribution >= 0.6 is 11.6 Å². The summed E-state index contributed by atoms with van der Waals surface area (Å²) in [6.07, 6.45) is 3.11. The van der Waals surface area contributed by atoms with Gasteiger partial charge in [0, 0.05) is 29.3 Å². The monoisotopic (exact) mass is 443 g/mol. The number of halogens is 1. The standard InChI is InChI=1S/C24H30ClN3O3/c1-16-6-4-7-17(2)28(16)24(30)21-13-19(25)10-11-22(21)26-15-23(29)27-14-18-8-5-9-20(12-18)31-3/h5,8-13,16-17,26H,4,6-7,14-15H2,1-3H3,(H,27,29)/t16-,17-/m1/s1. The molecular formula is C24H30ClN3O3. The Bertz CT molecular complexity index is 924. The van der Waals surface area contributed by atoms with Crippen LogP contribution in [-0.2, 0) is 11.3 Å². The van der Waals surface area contributed by atoms with Crippen molar-refractivity contribution in [3.05, 3.63) is 58.6 Å². The average molecular weight is 444 g/mol. The Labute approximate surface area is 188 Å². The zero-order chi connectivity index (χ0) is 22.4. The summed E-state index contributed by atoms with van der Waals surface area (Å²) in [5, 5.41) is 6.48. The molecule has 166 valence electrons. The number of methoxy groups -OCH3 is 1. The molecule has 0 aromatic heterocycles. The summed E-state index contributed by atoms with van der Waals surface area (Å²) in [5.74, 6) is 0.521. The van der Waals surface area contributed by atoms with Crippen molar-refractivity contribution in [2.24, 2.45) is 0 Å². The van der Waals surface area contributed by atoms with Crippen LogP contribution in [0.1, 0.15) is 49.0 Å². The highest BCUT2D eigenvalue weighted by molar-refractivity contribution is 6.31. The number of likely N-dealkylation sites (tertiary alicyclic amines) is 1. The van der Waals surface area contributed by atoms with E-state index in [0.29, 0.717) is 22.8 Å². The highest BCUT2D eigenvalue weighted by Crippen LogP contribution is 2.28. The number of amides is 2. The van der Waals surface area contributed by atoms with Crippen molar-refractivity contribution in [2.75, 3.05) is 19.0 Å². The predicted octanol–water partition coefficient (Wildman–Crippen LogP) is 4.48. The highest BCUT2D eigenvalue weighted by atomic mass is 35.5. The molecule has 31 heavy (non-hydrogen) atoms. The van der Waals surface area contributed by atoms with Gasteiger partial charge in [0.15, 0.2) is 0 Å². The van der Waals surface area contributed by atoms with E-state index < -0.39 is 0 Å². The molecule has 1 heterocycles. The van der Waals surface area contributed by atoms with Gasteiger partial charge in [-0.2, -0.15) is 0 Å². The first kappa shape index (κ1) is 22.9. The smallest absolute Gasteiger partial charge is 0.256 e. The fourth-order valence-corrected chi connectivity index (χ4v) is 4.20. The molecule has 2 atom stereocenters. The van der Waals surface area contributed by atoms with E-state index in [-0.39, 0.29) is 30.4 Å². The molecule has 1 saturated heterocycles. The van der Waals surface area contributed by atoms with E-state index in [1.165, 1.54) is 0 Å². The predicted molar refractivity (Wildman–Crippen MR) is 124 cm³/mol. The van der Waals surface area contributed by atoms with E-state index in [0.717, 1.165) is 30.6 Å². The van der Waals surface area contributed by atoms with Gasteiger partial charge in [-0.3, -0.25) is 9.59 Å². The molecule has 1 aliphatic rings. The number of benzene rings is 2. The van der Waals surface area contributed by atoms with Crippen LogP contribution in [0, 0.1) is 0 Å². The Balaban J connectivity index is 1.65. The quantitative estimate of drug-likeness (QED) is 0.661. The number of carbonyl (C=O) groups excluding carboxylic acids is 2. The minimum absolute atomic E-state index is 0.0526. The molecule has 0 radical (unpaired) electrons. The molecule has 0 aliphatic carbocycles. The van der Waals surface area contributed by atoms with Gasteiger partial charge >= 0.3 is 0 Å². The molecule has 0 spiro atoms. The second kappa shape index (κ2) is 10.5. The summed E-state index contributed by atoms with van der Waals surface area (Å²) in [6, 6.07) is 13.0. The minimum Gasteiger partial charge on any atom is -0.497 e. The van der Waals surface area contributed by atoms with Crippen LogP contribution in [0.4, 0.5) is 5.69 Å². The fourth-order valence-electron chi connectivity index (χ4n) is 4.03. The van der Waals surface area contributed by atoms with E-state index in [4.69, 9.17) is 16.3 Å². The molecule has 0 saturated carbocycles. The highest BCUT2D eigenvalue weighted by Gasteiger charge is 2.31. The largest absolute Gasteiger partial charge is 0.497 e. The minimum atomic E-state index is -0.170. The van der Waals surface area contributed by atoms with Crippen molar-refractivity contribution in [3.63, 3.8) is 0 Å². The second-order valence-electron chi connectivity index (χ2n) is 8.01. The van der Waals surface area contributed by atoms with Crippen molar-refractivity contribution >= 4 is 29.1 Å². The lowest BCUT2D eigenvalue weighted by molar-refractivity contribution is -0.119. The molecule has 0 bridgehead atoms. The Morgan fingerprint density at radius 3 is 2.58 bits per heavy atom. The van der Waals surface area contributed by atoms with Crippen LogP contribution in [0.5, 0.6) is 5.75 Å². The van der Waals surface area contributed by atoms with Gasteiger partial charge in [-0.15, -0.1) is 0 Å². The number of anilines is 1. The number of rotatable bonds is 7. The average Bonchev–Trinajstić information content (AvgIpc) is 2.76. The van der Waals surface area contributed by atoms with Gasteiger partial charge in [-0.05, 0) is 69.0 Å². The Hall–Kier alpha value is -2.73. The lowest BCUT2D eigenvalue weighted by Gasteiger charge is -2.39. The summed E-state index contributed by atoms with van der Waals surface area (Å²) in [4.78, 5) is 27.6. The van der Waals surface area contributed by atoms with Gasteiger partial charge in [-0.25, -0.2) is 0 Å². The molecule has 1 fully saturated rings. The van der Waals surface area contributed by atoms with Crippen LogP contribution in [0.15, 0.2) is 42.5 Å². The van der Waals surface area contributed by atoms with Gasteiger partial charge in [-0.1, -0.05) is 23.7 Å². The topological polar surface area (TPSA) is 70.7 Å². The summed E-state index contributed by atoms with van der Waals surface area (Å²) < 4.78 is 5.21. The Morgan fingerprint density at radius 2 is 1.87 bits per heavy atom. The van der Waals surface area contributed by atoms with Crippen LogP contribution in [0.3, 0.4) is 0 Å². The molecule has 7 heteroatoms. The van der Waals surface area contributed by atoms with Gasteiger partial charge < -0.3 is 20.3 Å². The Morgan fingerprint density at radius 1 is 1.13 bits per heavy atom. The molecule has 1 aliphatic heterocycles. The summed E-state index contributed by atoms with van der Waals surface area (Å²) in [5.41, 5.74) is 2.05. The van der Waals surface area contributed by atoms with Crippen LogP contribution in [0.2, 0.25) is 5.02 Å². The first-order valence-electron chi connectivity index (χ1n) is 10.6. The molecule has 0 unspecified atom stereocenters. The maximum atomic E-state index is 13.3. The number of hydrogen-bond donors (Lipinski definition) is 2. The zero-order valence-electron chi connectivity index (χ0n) is 18.3. The number of piperidine rings is 1. The molecular weight excluding hydrogens is 414 g/mol. The normalized spacial score (nSPS) is 18.4. The van der Waals surface area contributed by atoms with E-state index in [1.807, 2.05) is 29.2 Å². The maximum Gasteiger partial charge on any atom is 0.256 e. The third kappa shape index (κ3) is 5.91. The van der Waals surface area contributed by atoms with Crippen molar-refractivity contribution < 1.29 is 14.3 Å². The number of carbonyl (C=O) groups is 2. The third-order valence-corrected chi connectivity index (χ3v) is 5.94. The van der Waals surface area contributed by atoms with Gasteiger partial charge in [0.2, 0.25) is 5.91 Å². The number of hydrogen-bond acceptors (Lipinski definition) is 4. The van der Waals surface area contributed by atoms with Crippen LogP contribution < -0.4 is 15.4 Å². The van der Waals surface area contributed by atoms with E-state index in [2.05, 4.69) is 24.5 Å². The molecule has 6 nitrogen and oxygen atoms in total. The SMILES string of the molecule is COc1cccc(CNC(=O)CNc2ccc(Cl)cc2C(=O)N2[C@H](C)CCC[C@H]2C)c1. The number of nitrogens with zero attached hydrogens (tertiary/aromatic N) is 1. The molecule has 2 amide bonds. The van der Waals surface area contributed by atoms with Crippen molar-refractivity contribution in [1.82, 2.24) is 10.2 Å². The summed E-state index contributed by atoms with van der Waals surface area (Å²) >= 11 is 6.19. The summed E-state index contributed by atoms with van der Waals surface area (Å²) in [6.45, 7) is 4.61. The van der Waals surface area contributed by atoms with E-state index >= 15 is 0 Å². The van der Waals surface area contributed by atoms with Crippen molar-refractivity contribution in [3.8, 4) is 5.75 Å². The third-order valence-electron chi connectivity index (χ3n) is 5.70. The zero-order valence-corrected chi connectivity index (χ0v) is 19.0. The van der Waals surface area contributed by atoms with Gasteiger partial charge in [0.05, 0.1) is 19.2 Å².